The van der Waals surface area contributed by atoms with E-state index in [9.17, 15) is 9.18 Å². The van der Waals surface area contributed by atoms with E-state index >= 15 is 0 Å². The van der Waals surface area contributed by atoms with Gasteiger partial charge in [0, 0.05) is 12.1 Å². The van der Waals surface area contributed by atoms with E-state index in [1.165, 1.54) is 24.3 Å². The van der Waals surface area contributed by atoms with Gasteiger partial charge in [0.15, 0.2) is 0 Å². The Morgan fingerprint density at radius 2 is 1.31 bits per heavy atom. The second kappa shape index (κ2) is 9.92. The van der Waals surface area contributed by atoms with Crippen LogP contribution in [-0.4, -0.2) is 17.9 Å². The molecule has 32 heavy (non-hydrogen) atoms. The van der Waals surface area contributed by atoms with Gasteiger partial charge in [0.1, 0.15) is 11.6 Å². The molecular formula is C28H24FNO2. The molecule has 4 aromatic rings. The maximum Gasteiger partial charge on any atom is 0.254 e. The second-order valence-electron chi connectivity index (χ2n) is 7.51. The zero-order valence-electron chi connectivity index (χ0n) is 17.8. The molecule has 0 aliphatic heterocycles. The number of benzene rings is 4. The van der Waals surface area contributed by atoms with Crippen molar-refractivity contribution in [2.45, 2.75) is 12.6 Å². The number of hydrogen-bond acceptors (Lipinski definition) is 2. The van der Waals surface area contributed by atoms with Gasteiger partial charge in [0.25, 0.3) is 5.91 Å². The Morgan fingerprint density at radius 1 is 0.781 bits per heavy atom. The summed E-state index contributed by atoms with van der Waals surface area (Å²) < 4.78 is 18.8. The standard InChI is InChI=1S/C28H24FNO2/c1-32-26-18-12-21(13-19-26)20-30(28(31)24-14-16-25(29)17-15-24)27(22-8-4-2-5-9-22)23-10-6-3-7-11-23/h2-19,27H,20H2,1H3. The molecule has 4 heteroatoms. The summed E-state index contributed by atoms with van der Waals surface area (Å²) in [6.07, 6.45) is 0. The highest BCUT2D eigenvalue weighted by Gasteiger charge is 2.28. The van der Waals surface area contributed by atoms with E-state index in [1.807, 2.05) is 89.8 Å². The van der Waals surface area contributed by atoms with E-state index in [2.05, 4.69) is 0 Å². The van der Waals surface area contributed by atoms with E-state index in [4.69, 9.17) is 4.74 Å². The topological polar surface area (TPSA) is 29.5 Å². The van der Waals surface area contributed by atoms with Crippen LogP contribution in [0.25, 0.3) is 0 Å². The van der Waals surface area contributed by atoms with E-state index < -0.39 is 0 Å². The third-order valence-corrected chi connectivity index (χ3v) is 5.41. The number of rotatable bonds is 7. The molecule has 0 saturated carbocycles. The van der Waals surface area contributed by atoms with Crippen molar-refractivity contribution in [1.29, 1.82) is 0 Å². The zero-order valence-corrected chi connectivity index (χ0v) is 17.8. The van der Waals surface area contributed by atoms with Crippen LogP contribution in [0, 0.1) is 5.82 Å². The molecule has 0 N–H and O–H groups in total. The Hall–Kier alpha value is -3.92. The Morgan fingerprint density at radius 3 is 1.81 bits per heavy atom. The van der Waals surface area contributed by atoms with Crippen LogP contribution in [0.3, 0.4) is 0 Å². The molecule has 0 spiro atoms. The van der Waals surface area contributed by atoms with Crippen molar-refractivity contribution >= 4 is 5.91 Å². The summed E-state index contributed by atoms with van der Waals surface area (Å²) in [4.78, 5) is 15.6. The van der Waals surface area contributed by atoms with E-state index in [0.717, 1.165) is 22.4 Å². The average molecular weight is 426 g/mol. The molecule has 0 saturated heterocycles. The first-order chi connectivity index (χ1) is 15.7. The number of hydrogen-bond donors (Lipinski definition) is 0. The van der Waals surface area contributed by atoms with Crippen LogP contribution in [-0.2, 0) is 6.54 Å². The van der Waals surface area contributed by atoms with E-state index in [0.29, 0.717) is 12.1 Å². The van der Waals surface area contributed by atoms with Gasteiger partial charge in [-0.15, -0.1) is 0 Å². The Labute approximate surface area is 187 Å². The number of methoxy groups -OCH3 is 1. The lowest BCUT2D eigenvalue weighted by Crippen LogP contribution is -2.35. The number of halogens is 1. The van der Waals surface area contributed by atoms with Crippen LogP contribution in [0.1, 0.15) is 33.1 Å². The first-order valence-corrected chi connectivity index (χ1v) is 10.4. The van der Waals surface area contributed by atoms with Gasteiger partial charge in [-0.2, -0.15) is 0 Å². The fourth-order valence-electron chi connectivity index (χ4n) is 3.79. The fourth-order valence-corrected chi connectivity index (χ4v) is 3.79. The minimum absolute atomic E-state index is 0.168. The van der Waals surface area contributed by atoms with Crippen LogP contribution in [0.5, 0.6) is 5.75 Å². The summed E-state index contributed by atoms with van der Waals surface area (Å²) in [6.45, 7) is 0.384. The predicted octanol–water partition coefficient (Wildman–Crippen LogP) is 6.27. The van der Waals surface area contributed by atoms with Crippen LogP contribution in [0.4, 0.5) is 4.39 Å². The summed E-state index contributed by atoms with van der Waals surface area (Å²) in [5.41, 5.74) is 3.42. The molecule has 0 aliphatic rings. The molecule has 160 valence electrons. The SMILES string of the molecule is COc1ccc(CN(C(=O)c2ccc(F)cc2)C(c2ccccc2)c2ccccc2)cc1. The highest BCUT2D eigenvalue weighted by atomic mass is 19.1. The van der Waals surface area contributed by atoms with Gasteiger partial charge in [-0.3, -0.25) is 4.79 Å². The van der Waals surface area contributed by atoms with Crippen LogP contribution < -0.4 is 4.74 Å². The fraction of sp³-hybridized carbons (Fsp3) is 0.107. The normalized spacial score (nSPS) is 10.7. The van der Waals surface area contributed by atoms with Crippen LogP contribution in [0.2, 0.25) is 0 Å². The number of nitrogens with zero attached hydrogens (tertiary/aromatic N) is 1. The summed E-state index contributed by atoms with van der Waals surface area (Å²) >= 11 is 0. The molecule has 0 radical (unpaired) electrons. The monoisotopic (exact) mass is 425 g/mol. The molecule has 0 aromatic heterocycles. The predicted molar refractivity (Wildman–Crippen MR) is 124 cm³/mol. The number of amides is 1. The maximum atomic E-state index is 13.8. The summed E-state index contributed by atoms with van der Waals surface area (Å²) in [7, 11) is 1.63. The Bertz CT molecular complexity index is 1100. The van der Waals surface area contributed by atoms with E-state index in [1.54, 1.807) is 7.11 Å². The lowest BCUT2D eigenvalue weighted by molar-refractivity contribution is 0.0690. The molecule has 0 fully saturated rings. The molecule has 4 rings (SSSR count). The molecule has 0 atom stereocenters. The summed E-state index contributed by atoms with van der Waals surface area (Å²) in [6, 6.07) is 33.0. The van der Waals surface area contributed by atoms with Crippen molar-refractivity contribution in [2.75, 3.05) is 7.11 Å². The molecule has 0 heterocycles. The molecule has 1 amide bonds. The van der Waals surface area contributed by atoms with Gasteiger partial charge in [0.05, 0.1) is 13.2 Å². The van der Waals surface area contributed by atoms with Crippen LogP contribution >= 0.6 is 0 Å². The second-order valence-corrected chi connectivity index (χ2v) is 7.51. The molecule has 0 bridgehead atoms. The number of carbonyl (C=O) groups is 1. The molecule has 3 nitrogen and oxygen atoms in total. The van der Waals surface area contributed by atoms with Gasteiger partial charge >= 0.3 is 0 Å². The first kappa shape index (κ1) is 21.3. The Kier molecular flexibility index (Phi) is 6.61. The Balaban J connectivity index is 1.80. The highest BCUT2D eigenvalue weighted by molar-refractivity contribution is 5.94. The first-order valence-electron chi connectivity index (χ1n) is 10.4. The van der Waals surface area contributed by atoms with Gasteiger partial charge in [-0.25, -0.2) is 4.39 Å². The lowest BCUT2D eigenvalue weighted by atomic mass is 9.95. The van der Waals surface area contributed by atoms with Gasteiger partial charge in [0.2, 0.25) is 0 Å². The number of carbonyl (C=O) groups excluding carboxylic acids is 1. The van der Waals surface area contributed by atoms with Gasteiger partial charge < -0.3 is 9.64 Å². The zero-order chi connectivity index (χ0) is 22.3. The molecule has 4 aromatic carbocycles. The smallest absolute Gasteiger partial charge is 0.254 e. The van der Waals surface area contributed by atoms with Crippen molar-refractivity contribution in [2.24, 2.45) is 0 Å². The molecule has 0 aliphatic carbocycles. The third-order valence-electron chi connectivity index (χ3n) is 5.41. The van der Waals surface area contributed by atoms with Crippen molar-refractivity contribution in [1.82, 2.24) is 4.90 Å². The number of ether oxygens (including phenoxy) is 1. The van der Waals surface area contributed by atoms with Crippen molar-refractivity contribution in [3.8, 4) is 5.75 Å². The quantitative estimate of drug-likeness (QED) is 0.349. The minimum atomic E-state index is -0.370. The lowest BCUT2D eigenvalue weighted by Gasteiger charge is -2.33. The van der Waals surface area contributed by atoms with Crippen molar-refractivity contribution in [3.63, 3.8) is 0 Å². The average Bonchev–Trinajstić information content (AvgIpc) is 2.85. The van der Waals surface area contributed by atoms with E-state index in [-0.39, 0.29) is 17.8 Å². The minimum Gasteiger partial charge on any atom is -0.497 e. The van der Waals surface area contributed by atoms with Crippen molar-refractivity contribution in [3.05, 3.63) is 137 Å². The van der Waals surface area contributed by atoms with Gasteiger partial charge in [-0.05, 0) is 53.1 Å². The third kappa shape index (κ3) is 4.86. The van der Waals surface area contributed by atoms with Crippen LogP contribution in [0.15, 0.2) is 109 Å². The molecule has 0 unspecified atom stereocenters. The summed E-state index contributed by atoms with van der Waals surface area (Å²) in [5.74, 6) is 0.220. The largest absolute Gasteiger partial charge is 0.497 e. The van der Waals surface area contributed by atoms with Crippen molar-refractivity contribution < 1.29 is 13.9 Å². The highest BCUT2D eigenvalue weighted by Crippen LogP contribution is 2.32. The summed E-state index contributed by atoms with van der Waals surface area (Å²) in [5, 5.41) is 0. The molecular weight excluding hydrogens is 401 g/mol. The maximum absolute atomic E-state index is 13.8. The van der Waals surface area contributed by atoms with Gasteiger partial charge in [-0.1, -0.05) is 72.8 Å².